The lowest BCUT2D eigenvalue weighted by molar-refractivity contribution is -0.120. The molecule has 18 heavy (non-hydrogen) atoms. The first-order valence-electron chi connectivity index (χ1n) is 5.02. The van der Waals surface area contributed by atoms with Gasteiger partial charge in [0.25, 0.3) is 0 Å². The zero-order valence-corrected chi connectivity index (χ0v) is 10.9. The number of rotatable bonds is 3. The Morgan fingerprint density at radius 2 is 1.83 bits per heavy atom. The number of nitrogens with one attached hydrogen (secondary N) is 1. The predicted octanol–water partition coefficient (Wildman–Crippen LogP) is 1.32. The molecule has 100 valence electrons. The molecule has 0 aliphatic heterocycles. The molecule has 0 aromatic heterocycles. The van der Waals surface area contributed by atoms with E-state index < -0.39 is 32.2 Å². The van der Waals surface area contributed by atoms with Crippen molar-refractivity contribution in [1.29, 1.82) is 0 Å². The Kier molecular flexibility index (Phi) is 3.75. The maximum Gasteiger partial charge on any atom is 0.218 e. The third kappa shape index (κ3) is 2.66. The first-order valence-corrected chi connectivity index (χ1v) is 6.91. The Hall–Kier alpha value is -1.50. The van der Waals surface area contributed by atoms with Crippen LogP contribution in [-0.2, 0) is 19.5 Å². The molecule has 0 spiro atoms. The van der Waals surface area contributed by atoms with Crippen LogP contribution in [0.5, 0.6) is 0 Å². The standard InChI is InChI=1S/C11H13F2NO3S/c1-7(15)14-11(2,18(3,16)17)8-4-5-9(12)10(13)6-8/h4-6H,1-3H3,(H,14,15). The molecule has 0 radical (unpaired) electrons. The van der Waals surface area contributed by atoms with Crippen LogP contribution in [0.1, 0.15) is 19.4 Å². The van der Waals surface area contributed by atoms with E-state index in [0.29, 0.717) is 0 Å². The predicted molar refractivity (Wildman–Crippen MR) is 62.4 cm³/mol. The van der Waals surface area contributed by atoms with E-state index >= 15 is 0 Å². The normalized spacial score (nSPS) is 14.9. The minimum absolute atomic E-state index is 0.0425. The summed E-state index contributed by atoms with van der Waals surface area (Å²) >= 11 is 0. The summed E-state index contributed by atoms with van der Waals surface area (Å²) in [5.74, 6) is -2.85. The molecule has 1 amide bonds. The molecule has 1 aromatic carbocycles. The molecule has 0 fully saturated rings. The van der Waals surface area contributed by atoms with Gasteiger partial charge in [0.05, 0.1) is 0 Å². The minimum atomic E-state index is -3.76. The molecule has 1 aromatic rings. The van der Waals surface area contributed by atoms with Gasteiger partial charge in [0, 0.05) is 13.2 Å². The van der Waals surface area contributed by atoms with Gasteiger partial charge >= 0.3 is 0 Å². The number of carbonyl (C=O) groups is 1. The van der Waals surface area contributed by atoms with E-state index in [1.54, 1.807) is 0 Å². The smallest absolute Gasteiger partial charge is 0.218 e. The highest BCUT2D eigenvalue weighted by atomic mass is 32.2. The summed E-state index contributed by atoms with van der Waals surface area (Å²) in [5, 5.41) is 2.24. The van der Waals surface area contributed by atoms with E-state index in [4.69, 9.17) is 0 Å². The first kappa shape index (κ1) is 14.6. The molecular weight excluding hydrogens is 264 g/mol. The topological polar surface area (TPSA) is 63.2 Å². The van der Waals surface area contributed by atoms with Gasteiger partial charge in [-0.25, -0.2) is 17.2 Å². The molecule has 1 rings (SSSR count). The summed E-state index contributed by atoms with van der Waals surface area (Å²) in [5.41, 5.74) is -0.0425. The second-order valence-electron chi connectivity index (χ2n) is 4.12. The van der Waals surface area contributed by atoms with Crippen LogP contribution in [0.2, 0.25) is 0 Å². The Morgan fingerprint density at radius 3 is 2.22 bits per heavy atom. The van der Waals surface area contributed by atoms with E-state index in [0.717, 1.165) is 31.4 Å². The van der Waals surface area contributed by atoms with Gasteiger partial charge in [-0.05, 0) is 24.6 Å². The van der Waals surface area contributed by atoms with Gasteiger partial charge in [-0.2, -0.15) is 0 Å². The molecule has 1 atom stereocenters. The van der Waals surface area contributed by atoms with Crippen LogP contribution in [0.25, 0.3) is 0 Å². The number of hydrogen-bond donors (Lipinski definition) is 1. The lowest BCUT2D eigenvalue weighted by atomic mass is 10.1. The molecule has 1 N–H and O–H groups in total. The van der Waals surface area contributed by atoms with Crippen molar-refractivity contribution in [3.63, 3.8) is 0 Å². The monoisotopic (exact) mass is 277 g/mol. The van der Waals surface area contributed by atoms with Crippen molar-refractivity contribution in [2.75, 3.05) is 6.26 Å². The van der Waals surface area contributed by atoms with Crippen molar-refractivity contribution in [3.05, 3.63) is 35.4 Å². The van der Waals surface area contributed by atoms with Crippen LogP contribution in [-0.4, -0.2) is 20.6 Å². The van der Waals surface area contributed by atoms with Crippen molar-refractivity contribution < 1.29 is 22.0 Å². The number of halogens is 2. The van der Waals surface area contributed by atoms with Crippen molar-refractivity contribution in [3.8, 4) is 0 Å². The molecule has 0 aliphatic rings. The third-order valence-electron chi connectivity index (χ3n) is 2.63. The Balaban J connectivity index is 3.44. The fourth-order valence-electron chi connectivity index (χ4n) is 1.51. The van der Waals surface area contributed by atoms with Crippen molar-refractivity contribution in [1.82, 2.24) is 5.32 Å². The maximum absolute atomic E-state index is 13.2. The zero-order chi connectivity index (χ0) is 14.1. The molecule has 0 bridgehead atoms. The summed E-state index contributed by atoms with van der Waals surface area (Å²) in [6, 6.07) is 2.69. The van der Waals surface area contributed by atoms with Crippen LogP contribution in [0, 0.1) is 11.6 Å². The van der Waals surface area contributed by atoms with Crippen LogP contribution in [0.15, 0.2) is 18.2 Å². The van der Waals surface area contributed by atoms with Gasteiger partial charge in [0.15, 0.2) is 26.3 Å². The second-order valence-corrected chi connectivity index (χ2v) is 6.48. The number of carbonyl (C=O) groups excluding carboxylic acids is 1. The SMILES string of the molecule is CC(=O)NC(C)(c1ccc(F)c(F)c1)S(C)(=O)=O. The van der Waals surface area contributed by atoms with Gasteiger partial charge < -0.3 is 5.32 Å². The van der Waals surface area contributed by atoms with Crippen molar-refractivity contribution in [2.45, 2.75) is 18.7 Å². The fraction of sp³-hybridized carbons (Fsp3) is 0.364. The largest absolute Gasteiger partial charge is 0.334 e. The van der Waals surface area contributed by atoms with Gasteiger partial charge in [0.2, 0.25) is 5.91 Å². The number of sulfone groups is 1. The van der Waals surface area contributed by atoms with Gasteiger partial charge in [-0.15, -0.1) is 0 Å². The molecule has 7 heteroatoms. The minimum Gasteiger partial charge on any atom is -0.334 e. The van der Waals surface area contributed by atoms with Crippen LogP contribution in [0.3, 0.4) is 0 Å². The fourth-order valence-corrected chi connectivity index (χ4v) is 2.39. The average Bonchev–Trinajstić information content (AvgIpc) is 2.19. The lowest BCUT2D eigenvalue weighted by Crippen LogP contribution is -2.48. The van der Waals surface area contributed by atoms with E-state index in [9.17, 15) is 22.0 Å². The zero-order valence-electron chi connectivity index (χ0n) is 10.1. The van der Waals surface area contributed by atoms with Crippen molar-refractivity contribution in [2.24, 2.45) is 0 Å². The van der Waals surface area contributed by atoms with Gasteiger partial charge in [-0.1, -0.05) is 6.07 Å². The summed E-state index contributed by atoms with van der Waals surface area (Å²) < 4.78 is 49.5. The summed E-state index contributed by atoms with van der Waals surface area (Å²) in [6.07, 6.45) is 0.907. The lowest BCUT2D eigenvalue weighted by Gasteiger charge is -2.29. The quantitative estimate of drug-likeness (QED) is 0.906. The first-order chi connectivity index (χ1) is 8.08. The molecule has 0 saturated heterocycles. The van der Waals surface area contributed by atoms with Crippen molar-refractivity contribution >= 4 is 15.7 Å². The van der Waals surface area contributed by atoms with Crippen LogP contribution >= 0.6 is 0 Å². The molecule has 4 nitrogen and oxygen atoms in total. The molecule has 0 aliphatic carbocycles. The van der Waals surface area contributed by atoms with E-state index in [1.807, 2.05) is 0 Å². The summed E-state index contributed by atoms with van der Waals surface area (Å²) in [4.78, 5) is 9.29. The molecular formula is C11H13F2NO3S. The highest BCUT2D eigenvalue weighted by Crippen LogP contribution is 2.27. The van der Waals surface area contributed by atoms with E-state index in [1.165, 1.54) is 6.92 Å². The third-order valence-corrected chi connectivity index (χ3v) is 4.45. The summed E-state index contributed by atoms with van der Waals surface area (Å²) in [7, 11) is -3.76. The number of amides is 1. The number of benzene rings is 1. The Labute approximate surface area is 104 Å². The summed E-state index contributed by atoms with van der Waals surface area (Å²) in [6.45, 7) is 2.36. The van der Waals surface area contributed by atoms with Gasteiger partial charge in [-0.3, -0.25) is 4.79 Å². The Bertz CT molecular complexity index is 586. The Morgan fingerprint density at radius 1 is 1.28 bits per heavy atom. The molecule has 1 unspecified atom stereocenters. The second kappa shape index (κ2) is 4.64. The average molecular weight is 277 g/mol. The van der Waals surface area contributed by atoms with E-state index in [-0.39, 0.29) is 5.56 Å². The van der Waals surface area contributed by atoms with E-state index in [2.05, 4.69) is 5.32 Å². The highest BCUT2D eigenvalue weighted by molar-refractivity contribution is 7.91. The maximum atomic E-state index is 13.2. The van der Waals surface area contributed by atoms with Crippen LogP contribution in [0.4, 0.5) is 8.78 Å². The van der Waals surface area contributed by atoms with Gasteiger partial charge in [0.1, 0.15) is 0 Å². The highest BCUT2D eigenvalue weighted by Gasteiger charge is 2.39. The molecule has 0 saturated carbocycles. The molecule has 0 heterocycles. The van der Waals surface area contributed by atoms with Crippen LogP contribution < -0.4 is 5.32 Å². The number of hydrogen-bond acceptors (Lipinski definition) is 3.